The molecule has 1 heterocycles. The lowest BCUT2D eigenvalue weighted by Crippen LogP contribution is -2.44. The topological polar surface area (TPSA) is 106 Å². The van der Waals surface area contributed by atoms with Gasteiger partial charge in [0.1, 0.15) is 0 Å². The highest BCUT2D eigenvalue weighted by Crippen LogP contribution is 2.34. The predicted molar refractivity (Wildman–Crippen MR) is 139 cm³/mol. The third-order valence-electron chi connectivity index (χ3n) is 7.12. The molecule has 9 heteroatoms. The molecular formula is C26H35ClN4O4. The van der Waals surface area contributed by atoms with E-state index in [9.17, 15) is 19.5 Å². The molecule has 0 aliphatic heterocycles. The van der Waals surface area contributed by atoms with Crippen LogP contribution in [0.5, 0.6) is 0 Å². The van der Waals surface area contributed by atoms with Gasteiger partial charge in [0.15, 0.2) is 0 Å². The average molecular weight is 503 g/mol. The van der Waals surface area contributed by atoms with Crippen LogP contribution >= 0.6 is 11.6 Å². The van der Waals surface area contributed by atoms with Crippen LogP contribution in [-0.2, 0) is 6.54 Å². The van der Waals surface area contributed by atoms with Crippen LogP contribution in [0, 0.1) is 20.8 Å². The van der Waals surface area contributed by atoms with Crippen LogP contribution in [0.1, 0.15) is 65.3 Å². The monoisotopic (exact) mass is 502 g/mol. The molecule has 0 radical (unpaired) electrons. The maximum absolute atomic E-state index is 13.1. The summed E-state index contributed by atoms with van der Waals surface area (Å²) in [6.45, 7) is 8.53. The SMILES string of the molecule is CCN(c1cc(Cl)cc(C(=O)NCc2c(C)cc(C)[nH]c2=O)c1C)C1CCC(N(C)C(=O)O)CC1. The van der Waals surface area contributed by atoms with E-state index < -0.39 is 6.09 Å². The molecule has 2 amide bonds. The van der Waals surface area contributed by atoms with E-state index >= 15 is 0 Å². The van der Waals surface area contributed by atoms with Gasteiger partial charge >= 0.3 is 6.09 Å². The molecule has 1 fully saturated rings. The van der Waals surface area contributed by atoms with Crippen molar-refractivity contribution in [1.82, 2.24) is 15.2 Å². The van der Waals surface area contributed by atoms with Gasteiger partial charge in [-0.2, -0.15) is 0 Å². The molecule has 2 aromatic rings. The fourth-order valence-corrected chi connectivity index (χ4v) is 5.32. The van der Waals surface area contributed by atoms with Gasteiger partial charge in [0.05, 0.1) is 0 Å². The smallest absolute Gasteiger partial charge is 0.407 e. The maximum atomic E-state index is 13.1. The number of nitrogens with zero attached hydrogens (tertiary/aromatic N) is 2. The number of halogens is 1. The summed E-state index contributed by atoms with van der Waals surface area (Å²) in [7, 11) is 1.63. The molecule has 190 valence electrons. The van der Waals surface area contributed by atoms with E-state index in [2.05, 4.69) is 22.1 Å². The Bertz CT molecular complexity index is 1150. The van der Waals surface area contributed by atoms with Crippen LogP contribution in [0.3, 0.4) is 0 Å². The molecule has 35 heavy (non-hydrogen) atoms. The van der Waals surface area contributed by atoms with Gasteiger partial charge in [0.25, 0.3) is 11.5 Å². The molecule has 1 saturated carbocycles. The lowest BCUT2D eigenvalue weighted by Gasteiger charge is -2.40. The highest BCUT2D eigenvalue weighted by Gasteiger charge is 2.30. The fraction of sp³-hybridized carbons (Fsp3) is 0.500. The minimum atomic E-state index is -0.898. The van der Waals surface area contributed by atoms with E-state index in [1.807, 2.05) is 32.9 Å². The lowest BCUT2D eigenvalue weighted by molar-refractivity contribution is 0.0950. The summed E-state index contributed by atoms with van der Waals surface area (Å²) in [4.78, 5) is 43.2. The van der Waals surface area contributed by atoms with Crippen LogP contribution in [0.25, 0.3) is 0 Å². The fourth-order valence-electron chi connectivity index (χ4n) is 5.10. The summed E-state index contributed by atoms with van der Waals surface area (Å²) >= 11 is 6.46. The summed E-state index contributed by atoms with van der Waals surface area (Å²) in [6, 6.07) is 5.70. The Morgan fingerprint density at radius 1 is 1.11 bits per heavy atom. The second kappa shape index (κ2) is 11.2. The molecule has 1 aliphatic rings. The van der Waals surface area contributed by atoms with Crippen molar-refractivity contribution in [3.05, 3.63) is 61.5 Å². The van der Waals surface area contributed by atoms with Crippen molar-refractivity contribution in [3.63, 3.8) is 0 Å². The van der Waals surface area contributed by atoms with Gasteiger partial charge in [-0.1, -0.05) is 11.6 Å². The van der Waals surface area contributed by atoms with Crippen LogP contribution in [0.2, 0.25) is 5.02 Å². The number of hydrogen-bond acceptors (Lipinski definition) is 4. The molecule has 8 nitrogen and oxygen atoms in total. The number of aryl methyl sites for hydroxylation is 2. The molecule has 0 saturated heterocycles. The number of carboxylic acid groups (broad SMARTS) is 1. The van der Waals surface area contributed by atoms with E-state index in [1.165, 1.54) is 4.90 Å². The van der Waals surface area contributed by atoms with Crippen molar-refractivity contribution < 1.29 is 14.7 Å². The highest BCUT2D eigenvalue weighted by atomic mass is 35.5. The van der Waals surface area contributed by atoms with Gasteiger partial charge in [-0.05, 0) is 82.7 Å². The molecule has 0 bridgehead atoms. The Hall–Kier alpha value is -3.00. The van der Waals surface area contributed by atoms with E-state index in [1.54, 1.807) is 13.1 Å². The zero-order chi connectivity index (χ0) is 25.9. The minimum Gasteiger partial charge on any atom is -0.465 e. The molecule has 3 N–H and O–H groups in total. The third-order valence-corrected chi connectivity index (χ3v) is 7.33. The summed E-state index contributed by atoms with van der Waals surface area (Å²) < 4.78 is 0. The number of aromatic amines is 1. The largest absolute Gasteiger partial charge is 0.465 e. The summed E-state index contributed by atoms with van der Waals surface area (Å²) in [5.74, 6) is -0.284. The van der Waals surface area contributed by atoms with Gasteiger partial charge in [0.2, 0.25) is 0 Å². The zero-order valence-electron chi connectivity index (χ0n) is 21.1. The molecule has 0 unspecified atom stereocenters. The summed E-state index contributed by atoms with van der Waals surface area (Å²) in [6.07, 6.45) is 2.41. The highest BCUT2D eigenvalue weighted by molar-refractivity contribution is 6.31. The first kappa shape index (κ1) is 26.6. The van der Waals surface area contributed by atoms with Gasteiger partial charge < -0.3 is 25.2 Å². The quantitative estimate of drug-likeness (QED) is 0.511. The number of aromatic nitrogens is 1. The average Bonchev–Trinajstić information content (AvgIpc) is 2.80. The van der Waals surface area contributed by atoms with Crippen molar-refractivity contribution in [2.45, 2.75) is 72.0 Å². The predicted octanol–water partition coefficient (Wildman–Crippen LogP) is 4.63. The number of nitrogens with one attached hydrogen (secondary N) is 2. The second-order valence-corrected chi connectivity index (χ2v) is 9.80. The van der Waals surface area contributed by atoms with Crippen molar-refractivity contribution in [2.75, 3.05) is 18.5 Å². The Morgan fingerprint density at radius 3 is 2.31 bits per heavy atom. The van der Waals surface area contributed by atoms with Crippen molar-refractivity contribution >= 4 is 29.3 Å². The van der Waals surface area contributed by atoms with Crippen LogP contribution in [-0.4, -0.2) is 52.7 Å². The lowest BCUT2D eigenvalue weighted by atomic mass is 9.88. The Labute approximate surface area is 211 Å². The van der Waals surface area contributed by atoms with Crippen LogP contribution < -0.4 is 15.8 Å². The standard InChI is InChI=1S/C26H35ClN4O4/c1-6-31(20-9-7-19(8-10-20)30(5)26(34)35)23-13-18(27)12-21(17(23)4)24(32)28-14-22-15(2)11-16(3)29-25(22)33/h11-13,19-20H,6-10,14H2,1-5H3,(H,28,32)(H,29,33)(H,34,35). The summed E-state index contributed by atoms with van der Waals surface area (Å²) in [5, 5.41) is 12.6. The number of hydrogen-bond donors (Lipinski definition) is 3. The Kier molecular flexibility index (Phi) is 8.48. The van der Waals surface area contributed by atoms with E-state index in [0.29, 0.717) is 16.1 Å². The number of carbonyl (C=O) groups is 2. The summed E-state index contributed by atoms with van der Waals surface area (Å²) in [5.41, 5.74) is 4.15. The first-order valence-electron chi connectivity index (χ1n) is 12.0. The number of carbonyl (C=O) groups excluding carboxylic acids is 1. The number of benzene rings is 1. The molecule has 1 aromatic heterocycles. The number of pyridine rings is 1. The van der Waals surface area contributed by atoms with Crippen molar-refractivity contribution in [1.29, 1.82) is 0 Å². The molecule has 3 rings (SSSR count). The minimum absolute atomic E-state index is 0.0256. The molecule has 0 spiro atoms. The first-order chi connectivity index (χ1) is 16.5. The number of H-pyrrole nitrogens is 1. The number of amides is 2. The van der Waals surface area contributed by atoms with E-state index in [0.717, 1.165) is 54.7 Å². The van der Waals surface area contributed by atoms with Gasteiger partial charge in [-0.25, -0.2) is 4.79 Å². The van der Waals surface area contributed by atoms with Gasteiger partial charge in [-0.3, -0.25) is 9.59 Å². The zero-order valence-corrected chi connectivity index (χ0v) is 21.8. The maximum Gasteiger partial charge on any atom is 0.407 e. The van der Waals surface area contributed by atoms with Crippen molar-refractivity contribution in [2.24, 2.45) is 0 Å². The van der Waals surface area contributed by atoms with Crippen LogP contribution in [0.15, 0.2) is 23.0 Å². The van der Waals surface area contributed by atoms with E-state index in [4.69, 9.17) is 11.6 Å². The Balaban J connectivity index is 1.79. The second-order valence-electron chi connectivity index (χ2n) is 9.37. The van der Waals surface area contributed by atoms with E-state index in [-0.39, 0.29) is 30.1 Å². The Morgan fingerprint density at radius 2 is 1.74 bits per heavy atom. The first-order valence-corrected chi connectivity index (χ1v) is 12.4. The number of rotatable bonds is 7. The van der Waals surface area contributed by atoms with Crippen LogP contribution in [0.4, 0.5) is 10.5 Å². The molecule has 0 atom stereocenters. The normalized spacial score (nSPS) is 17.7. The van der Waals surface area contributed by atoms with Crippen molar-refractivity contribution in [3.8, 4) is 0 Å². The number of anilines is 1. The molecular weight excluding hydrogens is 468 g/mol. The van der Waals surface area contributed by atoms with Gasteiger partial charge in [-0.15, -0.1) is 0 Å². The van der Waals surface area contributed by atoms with Gasteiger partial charge in [0, 0.05) is 59.8 Å². The molecule has 1 aliphatic carbocycles. The third kappa shape index (κ3) is 5.99. The molecule has 1 aromatic carbocycles.